The van der Waals surface area contributed by atoms with Gasteiger partial charge in [-0.1, -0.05) is 0 Å². The minimum absolute atomic E-state index is 0.360. The van der Waals surface area contributed by atoms with Crippen LogP contribution in [0.25, 0.3) is 0 Å². The Bertz CT molecular complexity index is 412. The molecule has 0 aliphatic carbocycles. The second kappa shape index (κ2) is 6.21. The standard InChI is InChI=1S/C13H17FN2O/c1-3-16(8-4-7-15)13-6-5-11(14)9-12(13)10(2)17/h5-6,9-10,17H,3-4,8H2,1-2H3/t10-/m0/s1. The van der Waals surface area contributed by atoms with Crippen molar-refractivity contribution >= 4 is 5.69 Å². The molecular formula is C13H17FN2O. The van der Waals surface area contributed by atoms with Gasteiger partial charge in [0, 0.05) is 24.3 Å². The molecule has 92 valence electrons. The van der Waals surface area contributed by atoms with Crippen LogP contribution in [-0.4, -0.2) is 18.2 Å². The van der Waals surface area contributed by atoms with Crippen molar-refractivity contribution in [3.63, 3.8) is 0 Å². The van der Waals surface area contributed by atoms with Gasteiger partial charge in [-0.15, -0.1) is 0 Å². The lowest BCUT2D eigenvalue weighted by atomic mass is 10.1. The Morgan fingerprint density at radius 1 is 1.53 bits per heavy atom. The fraction of sp³-hybridized carbons (Fsp3) is 0.462. The molecule has 1 N–H and O–H groups in total. The Morgan fingerprint density at radius 3 is 2.76 bits per heavy atom. The maximum absolute atomic E-state index is 13.1. The van der Waals surface area contributed by atoms with Gasteiger partial charge in [-0.25, -0.2) is 4.39 Å². The van der Waals surface area contributed by atoms with Crippen molar-refractivity contribution in [1.29, 1.82) is 5.26 Å². The van der Waals surface area contributed by atoms with Crippen LogP contribution in [0.5, 0.6) is 0 Å². The summed E-state index contributed by atoms with van der Waals surface area (Å²) in [7, 11) is 0. The molecule has 0 aliphatic rings. The molecule has 0 radical (unpaired) electrons. The molecule has 0 heterocycles. The first-order valence-corrected chi connectivity index (χ1v) is 5.69. The van der Waals surface area contributed by atoms with E-state index in [4.69, 9.17) is 5.26 Å². The van der Waals surface area contributed by atoms with E-state index in [1.807, 2.05) is 11.8 Å². The van der Waals surface area contributed by atoms with Gasteiger partial charge in [-0.2, -0.15) is 5.26 Å². The topological polar surface area (TPSA) is 47.3 Å². The van der Waals surface area contributed by atoms with Crippen LogP contribution in [0, 0.1) is 17.1 Å². The average Bonchev–Trinajstić information content (AvgIpc) is 2.31. The number of aliphatic hydroxyl groups is 1. The lowest BCUT2D eigenvalue weighted by molar-refractivity contribution is 0.199. The first-order chi connectivity index (χ1) is 8.10. The van der Waals surface area contributed by atoms with Gasteiger partial charge < -0.3 is 10.0 Å². The number of nitrogens with zero attached hydrogens (tertiary/aromatic N) is 2. The summed E-state index contributed by atoms with van der Waals surface area (Å²) >= 11 is 0. The fourth-order valence-corrected chi connectivity index (χ4v) is 1.78. The SMILES string of the molecule is CCN(CCC#N)c1ccc(F)cc1[C@H](C)O. The molecule has 1 aromatic rings. The molecule has 0 saturated carbocycles. The summed E-state index contributed by atoms with van der Waals surface area (Å²) in [6.07, 6.45) is -0.318. The number of halogens is 1. The second-order valence-corrected chi connectivity index (χ2v) is 3.87. The van der Waals surface area contributed by atoms with Crippen molar-refractivity contribution in [3.05, 3.63) is 29.6 Å². The Hall–Kier alpha value is -1.60. The largest absolute Gasteiger partial charge is 0.389 e. The van der Waals surface area contributed by atoms with E-state index in [-0.39, 0.29) is 5.82 Å². The molecule has 1 aromatic carbocycles. The van der Waals surface area contributed by atoms with E-state index >= 15 is 0 Å². The predicted molar refractivity (Wildman–Crippen MR) is 65.2 cm³/mol. The Balaban J connectivity index is 3.05. The van der Waals surface area contributed by atoms with Gasteiger partial charge in [-0.3, -0.25) is 0 Å². The zero-order chi connectivity index (χ0) is 12.8. The molecule has 0 spiro atoms. The smallest absolute Gasteiger partial charge is 0.123 e. The Kier molecular flexibility index (Phi) is 4.92. The Morgan fingerprint density at radius 2 is 2.24 bits per heavy atom. The van der Waals surface area contributed by atoms with E-state index in [2.05, 4.69) is 6.07 Å². The average molecular weight is 236 g/mol. The maximum atomic E-state index is 13.1. The van der Waals surface area contributed by atoms with Gasteiger partial charge >= 0.3 is 0 Å². The number of hydrogen-bond donors (Lipinski definition) is 1. The van der Waals surface area contributed by atoms with Crippen LogP contribution in [0.4, 0.5) is 10.1 Å². The van der Waals surface area contributed by atoms with Crippen LogP contribution >= 0.6 is 0 Å². The second-order valence-electron chi connectivity index (χ2n) is 3.87. The van der Waals surface area contributed by atoms with Crippen molar-refractivity contribution in [2.75, 3.05) is 18.0 Å². The molecule has 4 heteroatoms. The predicted octanol–water partition coefficient (Wildman–Crippen LogP) is 2.62. The van der Waals surface area contributed by atoms with Gasteiger partial charge in [0.1, 0.15) is 5.82 Å². The zero-order valence-electron chi connectivity index (χ0n) is 10.2. The van der Waals surface area contributed by atoms with Gasteiger partial charge in [0.15, 0.2) is 0 Å². The summed E-state index contributed by atoms with van der Waals surface area (Å²) in [6.45, 7) is 4.87. The highest BCUT2D eigenvalue weighted by Gasteiger charge is 2.14. The van der Waals surface area contributed by atoms with E-state index in [1.54, 1.807) is 13.0 Å². The van der Waals surface area contributed by atoms with E-state index < -0.39 is 6.10 Å². The fourth-order valence-electron chi connectivity index (χ4n) is 1.78. The maximum Gasteiger partial charge on any atom is 0.123 e. The molecule has 3 nitrogen and oxygen atoms in total. The van der Waals surface area contributed by atoms with Crippen LogP contribution in [0.1, 0.15) is 31.9 Å². The summed E-state index contributed by atoms with van der Waals surface area (Å²) in [5, 5.41) is 18.2. The number of hydrogen-bond acceptors (Lipinski definition) is 3. The number of aliphatic hydroxyl groups excluding tert-OH is 1. The zero-order valence-corrected chi connectivity index (χ0v) is 10.2. The molecule has 0 aromatic heterocycles. The minimum Gasteiger partial charge on any atom is -0.389 e. The highest BCUT2D eigenvalue weighted by molar-refractivity contribution is 5.54. The molecule has 0 aliphatic heterocycles. The lowest BCUT2D eigenvalue weighted by Crippen LogP contribution is -2.25. The number of benzene rings is 1. The van der Waals surface area contributed by atoms with Crippen LogP contribution in [0.15, 0.2) is 18.2 Å². The summed E-state index contributed by atoms with van der Waals surface area (Å²) in [6, 6.07) is 6.45. The van der Waals surface area contributed by atoms with Gasteiger partial charge in [0.25, 0.3) is 0 Å². The molecule has 0 fully saturated rings. The Labute approximate surface area is 101 Å². The van der Waals surface area contributed by atoms with Crippen molar-refractivity contribution in [2.45, 2.75) is 26.4 Å². The van der Waals surface area contributed by atoms with E-state index in [0.29, 0.717) is 25.1 Å². The minimum atomic E-state index is -0.725. The van der Waals surface area contributed by atoms with Crippen LogP contribution in [0.2, 0.25) is 0 Å². The number of anilines is 1. The molecule has 0 saturated heterocycles. The third-order valence-electron chi connectivity index (χ3n) is 2.66. The monoisotopic (exact) mass is 236 g/mol. The number of rotatable bonds is 5. The lowest BCUT2D eigenvalue weighted by Gasteiger charge is -2.25. The summed E-state index contributed by atoms with van der Waals surface area (Å²) in [4.78, 5) is 1.96. The molecule has 0 unspecified atom stereocenters. The molecule has 0 bridgehead atoms. The van der Waals surface area contributed by atoms with Crippen molar-refractivity contribution in [2.24, 2.45) is 0 Å². The molecule has 1 rings (SSSR count). The summed E-state index contributed by atoms with van der Waals surface area (Å²) in [5.74, 6) is -0.360. The van der Waals surface area contributed by atoms with Crippen LogP contribution < -0.4 is 4.90 Å². The summed E-state index contributed by atoms with van der Waals surface area (Å²) in [5.41, 5.74) is 1.35. The molecule has 0 amide bonds. The number of nitriles is 1. The quantitative estimate of drug-likeness (QED) is 0.854. The third kappa shape index (κ3) is 3.43. The van der Waals surface area contributed by atoms with Crippen molar-refractivity contribution in [3.8, 4) is 6.07 Å². The third-order valence-corrected chi connectivity index (χ3v) is 2.66. The van der Waals surface area contributed by atoms with Gasteiger partial charge in [0.05, 0.1) is 18.6 Å². The van der Waals surface area contributed by atoms with Gasteiger partial charge in [-0.05, 0) is 32.0 Å². The first kappa shape index (κ1) is 13.5. The van der Waals surface area contributed by atoms with Gasteiger partial charge in [0.2, 0.25) is 0 Å². The highest BCUT2D eigenvalue weighted by Crippen LogP contribution is 2.27. The molecule has 17 heavy (non-hydrogen) atoms. The highest BCUT2D eigenvalue weighted by atomic mass is 19.1. The first-order valence-electron chi connectivity index (χ1n) is 5.69. The summed E-state index contributed by atoms with van der Waals surface area (Å²) < 4.78 is 13.1. The normalized spacial score (nSPS) is 11.9. The van der Waals surface area contributed by atoms with Crippen molar-refractivity contribution < 1.29 is 9.50 Å². The van der Waals surface area contributed by atoms with Crippen molar-refractivity contribution in [1.82, 2.24) is 0 Å². The van der Waals surface area contributed by atoms with Crippen LogP contribution in [-0.2, 0) is 0 Å². The van der Waals surface area contributed by atoms with E-state index in [9.17, 15) is 9.50 Å². The molecule has 1 atom stereocenters. The molecular weight excluding hydrogens is 219 g/mol. The van der Waals surface area contributed by atoms with Crippen LogP contribution in [0.3, 0.4) is 0 Å². The van der Waals surface area contributed by atoms with E-state index in [1.165, 1.54) is 12.1 Å². The van der Waals surface area contributed by atoms with E-state index in [0.717, 1.165) is 5.69 Å².